The third kappa shape index (κ3) is 3.64. The number of aliphatic hydroxyl groups excluding tert-OH is 1. The Kier molecular flexibility index (Phi) is 5.40. The number of ether oxygens (including phenoxy) is 1. The molecule has 4 heterocycles. The molecular formula is C22H22ClF2N7O2. The van der Waals surface area contributed by atoms with Crippen molar-refractivity contribution in [1.29, 1.82) is 0 Å². The number of aromatic nitrogens is 6. The van der Waals surface area contributed by atoms with Crippen molar-refractivity contribution in [3.8, 4) is 11.6 Å². The minimum absolute atomic E-state index is 0.0389. The molecule has 1 aliphatic carbocycles. The number of anilines is 1. The van der Waals surface area contributed by atoms with Crippen molar-refractivity contribution >= 4 is 23.1 Å². The third-order valence-corrected chi connectivity index (χ3v) is 6.27. The quantitative estimate of drug-likeness (QED) is 0.393. The van der Waals surface area contributed by atoms with Crippen LogP contribution in [0.25, 0.3) is 11.3 Å². The van der Waals surface area contributed by atoms with E-state index in [9.17, 15) is 13.9 Å². The monoisotopic (exact) mass is 489 g/mol. The summed E-state index contributed by atoms with van der Waals surface area (Å²) >= 11 is 6.08. The lowest BCUT2D eigenvalue weighted by molar-refractivity contribution is 0.150. The Morgan fingerprint density at radius 3 is 2.79 bits per heavy atom. The SMILES string of the molecule is COc1nc(NC(O)C2CC(C)(C)c3c2cnc2cc(Cl)nn32)cc(C(F)F)c1-n1cccn1. The number of aliphatic hydroxyl groups is 1. The van der Waals surface area contributed by atoms with Gasteiger partial charge in [0.05, 0.1) is 18.4 Å². The predicted octanol–water partition coefficient (Wildman–Crippen LogP) is 4.11. The lowest BCUT2D eigenvalue weighted by atomic mass is 9.88. The number of halogens is 3. The molecule has 5 rings (SSSR count). The van der Waals surface area contributed by atoms with E-state index in [0.29, 0.717) is 17.2 Å². The van der Waals surface area contributed by atoms with Crippen LogP contribution in [0.2, 0.25) is 5.15 Å². The number of rotatable bonds is 6. The van der Waals surface area contributed by atoms with Gasteiger partial charge in [-0.05, 0) is 18.6 Å². The van der Waals surface area contributed by atoms with Crippen molar-refractivity contribution in [2.24, 2.45) is 0 Å². The summed E-state index contributed by atoms with van der Waals surface area (Å²) in [6.07, 6.45) is 1.32. The predicted molar refractivity (Wildman–Crippen MR) is 121 cm³/mol. The molecule has 34 heavy (non-hydrogen) atoms. The second kappa shape index (κ2) is 8.17. The normalized spacial score (nSPS) is 17.8. The van der Waals surface area contributed by atoms with Crippen molar-refractivity contribution in [1.82, 2.24) is 29.4 Å². The smallest absolute Gasteiger partial charge is 0.266 e. The van der Waals surface area contributed by atoms with Crippen LogP contribution in [0.4, 0.5) is 14.6 Å². The maximum absolute atomic E-state index is 14.0. The highest BCUT2D eigenvalue weighted by molar-refractivity contribution is 6.29. The maximum atomic E-state index is 14.0. The van der Waals surface area contributed by atoms with Crippen molar-refractivity contribution in [2.45, 2.75) is 44.3 Å². The maximum Gasteiger partial charge on any atom is 0.266 e. The molecule has 2 N–H and O–H groups in total. The van der Waals surface area contributed by atoms with E-state index < -0.39 is 18.6 Å². The van der Waals surface area contributed by atoms with E-state index in [1.165, 1.54) is 30.3 Å². The topological polar surface area (TPSA) is 102 Å². The van der Waals surface area contributed by atoms with Crippen LogP contribution in [0.3, 0.4) is 0 Å². The molecule has 0 amide bonds. The first-order valence-electron chi connectivity index (χ1n) is 10.6. The summed E-state index contributed by atoms with van der Waals surface area (Å²) in [7, 11) is 1.34. The first kappa shape index (κ1) is 22.5. The second-order valence-electron chi connectivity index (χ2n) is 8.79. The van der Waals surface area contributed by atoms with Gasteiger partial charge in [-0.3, -0.25) is 0 Å². The number of nitrogens with zero attached hydrogens (tertiary/aromatic N) is 6. The fraction of sp³-hybridized carbons (Fsp3) is 0.364. The van der Waals surface area contributed by atoms with Gasteiger partial charge in [-0.25, -0.2) is 23.0 Å². The second-order valence-corrected chi connectivity index (χ2v) is 9.18. The van der Waals surface area contributed by atoms with Gasteiger partial charge in [0.1, 0.15) is 17.7 Å². The highest BCUT2D eigenvalue weighted by Gasteiger charge is 2.43. The van der Waals surface area contributed by atoms with Crippen LogP contribution in [0.5, 0.6) is 5.88 Å². The van der Waals surface area contributed by atoms with Crippen molar-refractivity contribution < 1.29 is 18.6 Å². The molecule has 0 aliphatic heterocycles. The molecule has 0 aromatic carbocycles. The zero-order valence-electron chi connectivity index (χ0n) is 18.6. The number of methoxy groups -OCH3 is 1. The third-order valence-electron chi connectivity index (χ3n) is 6.08. The van der Waals surface area contributed by atoms with Crippen molar-refractivity contribution in [2.75, 3.05) is 12.4 Å². The number of alkyl halides is 2. The van der Waals surface area contributed by atoms with E-state index in [0.717, 1.165) is 11.3 Å². The van der Waals surface area contributed by atoms with Gasteiger partial charge in [-0.15, -0.1) is 0 Å². The molecule has 1 aliphatic rings. The lowest BCUT2D eigenvalue weighted by Crippen LogP contribution is -2.28. The Bertz CT molecular complexity index is 1360. The van der Waals surface area contributed by atoms with Gasteiger partial charge in [0.25, 0.3) is 6.43 Å². The molecule has 9 nitrogen and oxygen atoms in total. The van der Waals surface area contributed by atoms with Crippen molar-refractivity contribution in [3.05, 3.63) is 58.8 Å². The zero-order chi connectivity index (χ0) is 24.2. The summed E-state index contributed by atoms with van der Waals surface area (Å²) in [6, 6.07) is 4.48. The van der Waals surface area contributed by atoms with Crippen LogP contribution < -0.4 is 10.1 Å². The van der Waals surface area contributed by atoms with E-state index in [1.807, 2.05) is 13.8 Å². The summed E-state index contributed by atoms with van der Waals surface area (Å²) in [5.74, 6) is -0.380. The van der Waals surface area contributed by atoms with Gasteiger partial charge in [0, 0.05) is 41.6 Å². The Morgan fingerprint density at radius 1 is 1.32 bits per heavy atom. The van der Waals surface area contributed by atoms with Gasteiger partial charge in [0.15, 0.2) is 10.8 Å². The molecule has 4 aromatic heterocycles. The van der Waals surface area contributed by atoms with Crippen LogP contribution in [-0.4, -0.2) is 47.8 Å². The summed E-state index contributed by atoms with van der Waals surface area (Å²) in [5, 5.41) is 22.7. The van der Waals surface area contributed by atoms with E-state index >= 15 is 0 Å². The van der Waals surface area contributed by atoms with Crippen LogP contribution >= 0.6 is 11.6 Å². The van der Waals surface area contributed by atoms with Crippen LogP contribution in [0.1, 0.15) is 49.4 Å². The Hall–Kier alpha value is -3.31. The Labute approximate surface area is 198 Å². The summed E-state index contributed by atoms with van der Waals surface area (Å²) in [6.45, 7) is 4.09. The van der Waals surface area contributed by atoms with E-state index in [-0.39, 0.29) is 28.4 Å². The molecule has 0 saturated heterocycles. The fourth-order valence-electron chi connectivity index (χ4n) is 4.71. The highest BCUT2D eigenvalue weighted by atomic mass is 35.5. The molecule has 0 bridgehead atoms. The van der Waals surface area contributed by atoms with Gasteiger partial charge >= 0.3 is 0 Å². The molecular weight excluding hydrogens is 468 g/mol. The molecule has 0 saturated carbocycles. The fourth-order valence-corrected chi connectivity index (χ4v) is 4.88. The van der Waals surface area contributed by atoms with E-state index in [4.69, 9.17) is 16.3 Å². The summed E-state index contributed by atoms with van der Waals surface area (Å²) in [5.41, 5.74) is 1.67. The van der Waals surface area contributed by atoms with Gasteiger partial charge < -0.3 is 15.2 Å². The van der Waals surface area contributed by atoms with Crippen LogP contribution in [0, 0.1) is 0 Å². The van der Waals surface area contributed by atoms with Gasteiger partial charge in [-0.2, -0.15) is 15.2 Å². The standard InChI is InChI=1S/C22H22ClF2N7O2/c1-22(2)9-12(13-10-26-16-8-14(23)30-32(16)18(13)22)20(33)28-15-7-11(19(24)25)17(21(29-15)34-3)31-6-4-5-27-31/h4-8,10,12,19-20,33H,9H2,1-3H3,(H,28,29). The number of nitrogens with one attached hydrogen (secondary N) is 1. The Balaban J connectivity index is 1.52. The number of pyridine rings is 1. The minimum Gasteiger partial charge on any atom is -0.479 e. The first-order chi connectivity index (χ1) is 16.2. The molecule has 2 unspecified atom stereocenters. The van der Waals surface area contributed by atoms with Gasteiger partial charge in [0.2, 0.25) is 5.88 Å². The van der Waals surface area contributed by atoms with Gasteiger partial charge in [-0.1, -0.05) is 25.4 Å². The molecule has 4 aromatic rings. The van der Waals surface area contributed by atoms with E-state index in [1.54, 1.807) is 22.8 Å². The molecule has 178 valence electrons. The summed E-state index contributed by atoms with van der Waals surface area (Å²) < 4.78 is 36.2. The van der Waals surface area contributed by atoms with Crippen LogP contribution in [-0.2, 0) is 5.41 Å². The number of hydrogen-bond donors (Lipinski definition) is 2. The molecule has 0 fully saturated rings. The lowest BCUT2D eigenvalue weighted by Gasteiger charge is -2.23. The number of fused-ring (bicyclic) bond motifs is 3. The van der Waals surface area contributed by atoms with E-state index in [2.05, 4.69) is 25.5 Å². The van der Waals surface area contributed by atoms with Crippen LogP contribution in [0.15, 0.2) is 36.8 Å². The Morgan fingerprint density at radius 2 is 2.12 bits per heavy atom. The summed E-state index contributed by atoms with van der Waals surface area (Å²) in [4.78, 5) is 8.73. The largest absolute Gasteiger partial charge is 0.479 e. The number of hydrogen-bond acceptors (Lipinski definition) is 7. The average molecular weight is 490 g/mol. The highest BCUT2D eigenvalue weighted by Crippen LogP contribution is 2.47. The molecule has 0 radical (unpaired) electrons. The average Bonchev–Trinajstić information content (AvgIpc) is 3.50. The zero-order valence-corrected chi connectivity index (χ0v) is 19.3. The molecule has 12 heteroatoms. The minimum atomic E-state index is -2.82. The van der Waals surface area contributed by atoms with Crippen molar-refractivity contribution in [3.63, 3.8) is 0 Å². The first-order valence-corrected chi connectivity index (χ1v) is 10.9. The molecule has 0 spiro atoms. The molecule has 2 atom stereocenters.